The maximum atomic E-state index is 11.6. The largest absolute Gasteiger partial charge is 0.396 e. The number of nitrogens with zero attached hydrogens (tertiary/aromatic N) is 3. The number of hydrogen-bond donors (Lipinski definition) is 1. The van der Waals surface area contributed by atoms with E-state index in [-0.39, 0.29) is 5.56 Å². The fourth-order valence-electron chi connectivity index (χ4n) is 1.20. The molecule has 5 nitrogen and oxygen atoms in total. The number of aromatic nitrogens is 2. The van der Waals surface area contributed by atoms with E-state index < -0.39 is 5.56 Å². The highest BCUT2D eigenvalue weighted by Gasteiger charge is 2.04. The molecule has 0 aromatic carbocycles. The van der Waals surface area contributed by atoms with Crippen molar-refractivity contribution in [2.75, 3.05) is 5.73 Å². The molecule has 2 aromatic heterocycles. The number of nitriles is 1. The lowest BCUT2D eigenvalue weighted by Gasteiger charge is -2.01. The molecule has 68 valence electrons. The van der Waals surface area contributed by atoms with Gasteiger partial charge in [-0.15, -0.1) is 0 Å². The number of rotatable bonds is 0. The van der Waals surface area contributed by atoms with Gasteiger partial charge in [-0.05, 0) is 12.1 Å². The summed E-state index contributed by atoms with van der Waals surface area (Å²) >= 11 is 0. The van der Waals surface area contributed by atoms with Crippen molar-refractivity contribution in [3.05, 3.63) is 40.4 Å². The van der Waals surface area contributed by atoms with Gasteiger partial charge in [0.05, 0.1) is 11.9 Å². The van der Waals surface area contributed by atoms with Gasteiger partial charge in [-0.1, -0.05) is 0 Å². The molecule has 0 fully saturated rings. The first kappa shape index (κ1) is 8.26. The van der Waals surface area contributed by atoms with Crippen molar-refractivity contribution >= 4 is 11.3 Å². The van der Waals surface area contributed by atoms with E-state index in [9.17, 15) is 4.79 Å². The molecule has 0 unspecified atom stereocenters. The summed E-state index contributed by atoms with van der Waals surface area (Å²) in [6.07, 6.45) is 2.76. The molecule has 0 spiro atoms. The Morgan fingerprint density at radius 3 is 3.07 bits per heavy atom. The Morgan fingerprint density at radius 2 is 2.36 bits per heavy atom. The van der Waals surface area contributed by atoms with Crippen LogP contribution in [0.2, 0.25) is 0 Å². The van der Waals surface area contributed by atoms with Crippen molar-refractivity contribution in [1.29, 1.82) is 5.26 Å². The summed E-state index contributed by atoms with van der Waals surface area (Å²) in [7, 11) is 0. The van der Waals surface area contributed by atoms with Crippen LogP contribution in [0.15, 0.2) is 29.3 Å². The molecule has 0 aliphatic rings. The number of nitrogen functional groups attached to an aromatic ring is 1. The third kappa shape index (κ3) is 1.02. The molecule has 5 heteroatoms. The molecule has 0 atom stereocenters. The molecule has 2 N–H and O–H groups in total. The molecule has 14 heavy (non-hydrogen) atoms. The Labute approximate surface area is 79.0 Å². The molecule has 0 saturated heterocycles. The minimum absolute atomic E-state index is 0.00750. The first-order chi connectivity index (χ1) is 6.74. The van der Waals surface area contributed by atoms with Crippen molar-refractivity contribution in [2.45, 2.75) is 0 Å². The van der Waals surface area contributed by atoms with E-state index in [0.29, 0.717) is 11.3 Å². The number of anilines is 1. The summed E-state index contributed by atoms with van der Waals surface area (Å²) in [6.45, 7) is 0. The summed E-state index contributed by atoms with van der Waals surface area (Å²) in [6, 6.07) is 5.05. The van der Waals surface area contributed by atoms with Crippen LogP contribution in [-0.4, -0.2) is 9.38 Å². The molecule has 0 aliphatic carbocycles. The average molecular weight is 186 g/mol. The van der Waals surface area contributed by atoms with Crippen LogP contribution in [0.5, 0.6) is 0 Å². The molecular weight excluding hydrogens is 180 g/mol. The van der Waals surface area contributed by atoms with Crippen LogP contribution in [-0.2, 0) is 0 Å². The van der Waals surface area contributed by atoms with Crippen molar-refractivity contribution in [2.24, 2.45) is 0 Å². The summed E-state index contributed by atoms with van der Waals surface area (Å²) in [5.41, 5.74) is 6.00. The third-order valence-corrected chi connectivity index (χ3v) is 1.88. The van der Waals surface area contributed by atoms with E-state index in [4.69, 9.17) is 11.0 Å². The maximum Gasteiger partial charge on any atom is 0.275 e. The summed E-state index contributed by atoms with van der Waals surface area (Å²) in [5, 5.41) is 8.61. The molecular formula is C9H6N4O. The summed E-state index contributed by atoms with van der Waals surface area (Å²) < 4.78 is 1.26. The van der Waals surface area contributed by atoms with E-state index >= 15 is 0 Å². The van der Waals surface area contributed by atoms with Crippen molar-refractivity contribution in [3.8, 4) is 6.07 Å². The van der Waals surface area contributed by atoms with Gasteiger partial charge in [0.15, 0.2) is 5.65 Å². The van der Waals surface area contributed by atoms with Gasteiger partial charge in [-0.3, -0.25) is 9.20 Å². The fourth-order valence-corrected chi connectivity index (χ4v) is 1.20. The Morgan fingerprint density at radius 1 is 1.57 bits per heavy atom. The standard InChI is InChI=1S/C9H6N4O/c10-4-6-5-12-8-7(11)2-1-3-13(8)9(6)14/h1-3,5H,11H2. The normalized spacial score (nSPS) is 9.93. The smallest absolute Gasteiger partial charge is 0.275 e. The predicted molar refractivity (Wildman–Crippen MR) is 50.6 cm³/mol. The van der Waals surface area contributed by atoms with Gasteiger partial charge in [0.25, 0.3) is 5.56 Å². The topological polar surface area (TPSA) is 84.2 Å². The van der Waals surface area contributed by atoms with E-state index in [1.165, 1.54) is 16.8 Å². The van der Waals surface area contributed by atoms with Crippen LogP contribution in [0.3, 0.4) is 0 Å². The second kappa shape index (κ2) is 2.85. The average Bonchev–Trinajstić information content (AvgIpc) is 2.20. The van der Waals surface area contributed by atoms with E-state index in [1.807, 2.05) is 0 Å². The van der Waals surface area contributed by atoms with Gasteiger partial charge in [0, 0.05) is 6.20 Å². The quantitative estimate of drug-likeness (QED) is 0.634. The van der Waals surface area contributed by atoms with Gasteiger partial charge >= 0.3 is 0 Å². The zero-order valence-electron chi connectivity index (χ0n) is 7.14. The van der Waals surface area contributed by atoms with Crippen LogP contribution in [0, 0.1) is 11.3 Å². The SMILES string of the molecule is N#Cc1cnc2c(N)cccn2c1=O. The molecule has 0 saturated carbocycles. The minimum Gasteiger partial charge on any atom is -0.396 e. The van der Waals surface area contributed by atoms with Crippen LogP contribution in [0.1, 0.15) is 5.56 Å². The van der Waals surface area contributed by atoms with Crippen molar-refractivity contribution < 1.29 is 0 Å². The summed E-state index contributed by atoms with van der Waals surface area (Å²) in [5.74, 6) is 0. The van der Waals surface area contributed by atoms with Crippen LogP contribution in [0.25, 0.3) is 5.65 Å². The molecule has 0 amide bonds. The molecule has 2 rings (SSSR count). The lowest BCUT2D eigenvalue weighted by molar-refractivity contribution is 1.04. The fraction of sp³-hybridized carbons (Fsp3) is 0. The highest BCUT2D eigenvalue weighted by molar-refractivity contribution is 5.63. The lowest BCUT2D eigenvalue weighted by Crippen LogP contribution is -2.18. The Balaban J connectivity index is 3.00. The van der Waals surface area contributed by atoms with Gasteiger partial charge in [-0.2, -0.15) is 5.26 Å². The lowest BCUT2D eigenvalue weighted by atomic mass is 10.3. The predicted octanol–water partition coefficient (Wildman–Crippen LogP) is 0.148. The number of hydrogen-bond acceptors (Lipinski definition) is 4. The van der Waals surface area contributed by atoms with E-state index in [1.54, 1.807) is 18.2 Å². The number of fused-ring (bicyclic) bond motifs is 1. The monoisotopic (exact) mass is 186 g/mol. The second-order valence-electron chi connectivity index (χ2n) is 2.75. The molecule has 2 heterocycles. The van der Waals surface area contributed by atoms with Crippen LogP contribution < -0.4 is 11.3 Å². The molecule has 0 radical (unpaired) electrons. The minimum atomic E-state index is -0.398. The number of pyridine rings is 1. The van der Waals surface area contributed by atoms with Crippen LogP contribution in [0.4, 0.5) is 5.69 Å². The van der Waals surface area contributed by atoms with Crippen molar-refractivity contribution in [1.82, 2.24) is 9.38 Å². The highest BCUT2D eigenvalue weighted by Crippen LogP contribution is 2.07. The van der Waals surface area contributed by atoms with Gasteiger partial charge in [0.2, 0.25) is 0 Å². The molecule has 0 aliphatic heterocycles. The van der Waals surface area contributed by atoms with E-state index in [0.717, 1.165) is 0 Å². The first-order valence-electron chi connectivity index (χ1n) is 3.90. The Bertz CT molecular complexity index is 594. The first-order valence-corrected chi connectivity index (χ1v) is 3.90. The summed E-state index contributed by atoms with van der Waals surface area (Å²) in [4.78, 5) is 15.5. The Kier molecular flexibility index (Phi) is 1.68. The third-order valence-electron chi connectivity index (χ3n) is 1.88. The van der Waals surface area contributed by atoms with Gasteiger partial charge < -0.3 is 5.73 Å². The zero-order valence-corrected chi connectivity index (χ0v) is 7.14. The van der Waals surface area contributed by atoms with Gasteiger partial charge in [-0.25, -0.2) is 4.98 Å². The van der Waals surface area contributed by atoms with Crippen molar-refractivity contribution in [3.63, 3.8) is 0 Å². The molecule has 2 aromatic rings. The number of nitrogens with two attached hydrogens (primary N) is 1. The van der Waals surface area contributed by atoms with E-state index in [2.05, 4.69) is 4.98 Å². The second-order valence-corrected chi connectivity index (χ2v) is 2.75. The maximum absolute atomic E-state index is 11.6. The highest BCUT2D eigenvalue weighted by atomic mass is 16.1. The van der Waals surface area contributed by atoms with Crippen LogP contribution >= 0.6 is 0 Å². The zero-order chi connectivity index (χ0) is 10.1. The van der Waals surface area contributed by atoms with Gasteiger partial charge in [0.1, 0.15) is 11.6 Å². The molecule has 0 bridgehead atoms. The Hall–Kier alpha value is -2.35.